The van der Waals surface area contributed by atoms with Crippen molar-refractivity contribution in [1.29, 1.82) is 0 Å². The van der Waals surface area contributed by atoms with Gasteiger partial charge in [0.05, 0.1) is 26.6 Å². The van der Waals surface area contributed by atoms with Gasteiger partial charge >= 0.3 is 0 Å². The lowest BCUT2D eigenvalue weighted by Gasteiger charge is -2.39. The standard InChI is InChI=1S/C14H16N4O4/c1-13(2)7-10(12(18(21)22)8-14(13,15)16)9-5-3-4-6-11(9)17(19)20/h3-8H,15-16H2,1-2H3. The highest BCUT2D eigenvalue weighted by Gasteiger charge is 2.44. The number of para-hydroxylation sites is 1. The summed E-state index contributed by atoms with van der Waals surface area (Å²) >= 11 is 0. The van der Waals surface area contributed by atoms with Crippen molar-refractivity contribution in [3.63, 3.8) is 0 Å². The van der Waals surface area contributed by atoms with Crippen LogP contribution in [0.25, 0.3) is 5.57 Å². The molecule has 0 aliphatic heterocycles. The maximum atomic E-state index is 11.3. The molecule has 0 spiro atoms. The molecule has 0 saturated heterocycles. The average Bonchev–Trinajstić information content (AvgIpc) is 2.41. The topological polar surface area (TPSA) is 138 Å². The van der Waals surface area contributed by atoms with Crippen molar-refractivity contribution in [3.05, 3.63) is 67.9 Å². The second-order valence-electron chi connectivity index (χ2n) is 5.77. The Morgan fingerprint density at radius 1 is 1.00 bits per heavy atom. The molecule has 2 rings (SSSR count). The molecule has 0 heterocycles. The van der Waals surface area contributed by atoms with E-state index in [9.17, 15) is 20.2 Å². The number of hydrogen-bond acceptors (Lipinski definition) is 6. The van der Waals surface area contributed by atoms with Gasteiger partial charge < -0.3 is 11.5 Å². The quantitative estimate of drug-likeness (QED) is 0.496. The molecule has 0 atom stereocenters. The minimum absolute atomic E-state index is 0.147. The van der Waals surface area contributed by atoms with E-state index in [1.165, 1.54) is 24.3 Å². The van der Waals surface area contributed by atoms with E-state index in [-0.39, 0.29) is 22.5 Å². The molecule has 0 fully saturated rings. The number of rotatable bonds is 3. The molecule has 0 aromatic heterocycles. The summed E-state index contributed by atoms with van der Waals surface area (Å²) in [4.78, 5) is 21.3. The van der Waals surface area contributed by atoms with Gasteiger partial charge in [-0.1, -0.05) is 32.1 Å². The number of hydrogen-bond donors (Lipinski definition) is 2. The third kappa shape index (κ3) is 2.49. The first-order valence-electron chi connectivity index (χ1n) is 6.49. The van der Waals surface area contributed by atoms with Crippen LogP contribution in [-0.2, 0) is 0 Å². The Morgan fingerprint density at radius 2 is 1.59 bits per heavy atom. The molecule has 0 bridgehead atoms. The van der Waals surface area contributed by atoms with Gasteiger partial charge in [0.15, 0.2) is 0 Å². The zero-order chi connectivity index (χ0) is 16.7. The largest absolute Gasteiger partial charge is 0.309 e. The van der Waals surface area contributed by atoms with Crippen LogP contribution in [0.1, 0.15) is 19.4 Å². The van der Waals surface area contributed by atoms with E-state index < -0.39 is 20.9 Å². The van der Waals surface area contributed by atoms with Crippen LogP contribution in [0.5, 0.6) is 0 Å². The lowest BCUT2D eigenvalue weighted by Crippen LogP contribution is -2.59. The molecular formula is C14H16N4O4. The molecule has 1 aliphatic carbocycles. The Bertz CT molecular complexity index is 719. The number of nitro groups is 2. The van der Waals surface area contributed by atoms with Crippen molar-refractivity contribution in [3.8, 4) is 0 Å². The lowest BCUT2D eigenvalue weighted by molar-refractivity contribution is -0.418. The summed E-state index contributed by atoms with van der Waals surface area (Å²) in [5, 5.41) is 22.5. The van der Waals surface area contributed by atoms with Crippen LogP contribution < -0.4 is 11.5 Å². The second kappa shape index (κ2) is 5.00. The first-order valence-corrected chi connectivity index (χ1v) is 6.49. The fraction of sp³-hybridized carbons (Fsp3) is 0.286. The minimum Gasteiger partial charge on any atom is -0.309 e. The molecule has 0 amide bonds. The molecule has 116 valence electrons. The van der Waals surface area contributed by atoms with Gasteiger partial charge in [0, 0.05) is 17.6 Å². The third-order valence-corrected chi connectivity index (χ3v) is 3.86. The van der Waals surface area contributed by atoms with Gasteiger partial charge in [-0.15, -0.1) is 0 Å². The van der Waals surface area contributed by atoms with Gasteiger partial charge in [0.2, 0.25) is 0 Å². The van der Waals surface area contributed by atoms with Crippen LogP contribution in [-0.4, -0.2) is 15.5 Å². The summed E-state index contributed by atoms with van der Waals surface area (Å²) in [5.74, 6) is 0. The van der Waals surface area contributed by atoms with Crippen molar-refractivity contribution >= 4 is 11.3 Å². The Kier molecular flexibility index (Phi) is 3.59. The van der Waals surface area contributed by atoms with Gasteiger partial charge in [0.1, 0.15) is 0 Å². The summed E-state index contributed by atoms with van der Waals surface area (Å²) in [6.07, 6.45) is 2.67. The van der Waals surface area contributed by atoms with Crippen LogP contribution in [0.2, 0.25) is 0 Å². The SMILES string of the molecule is CC1(C)C=C(c2ccccc2[N+](=O)[O-])C([N+](=O)[O-])=CC1(N)N. The zero-order valence-corrected chi connectivity index (χ0v) is 12.1. The van der Waals surface area contributed by atoms with Gasteiger partial charge in [-0.25, -0.2) is 0 Å². The highest BCUT2D eigenvalue weighted by Crippen LogP contribution is 2.42. The van der Waals surface area contributed by atoms with E-state index in [4.69, 9.17) is 11.5 Å². The summed E-state index contributed by atoms with van der Waals surface area (Å²) in [7, 11) is 0. The van der Waals surface area contributed by atoms with Crippen molar-refractivity contribution in [2.45, 2.75) is 19.5 Å². The van der Waals surface area contributed by atoms with Crippen LogP contribution in [0.3, 0.4) is 0 Å². The van der Waals surface area contributed by atoms with Crippen LogP contribution >= 0.6 is 0 Å². The third-order valence-electron chi connectivity index (χ3n) is 3.86. The maximum absolute atomic E-state index is 11.3. The molecule has 22 heavy (non-hydrogen) atoms. The molecule has 0 saturated carbocycles. The van der Waals surface area contributed by atoms with Crippen LogP contribution in [0.4, 0.5) is 5.69 Å². The van der Waals surface area contributed by atoms with E-state index >= 15 is 0 Å². The zero-order valence-electron chi connectivity index (χ0n) is 12.1. The Labute approximate surface area is 126 Å². The summed E-state index contributed by atoms with van der Waals surface area (Å²) in [6, 6.07) is 5.85. The normalized spacial score (nSPS) is 19.1. The molecule has 0 unspecified atom stereocenters. The minimum atomic E-state index is -1.43. The number of nitrogens with two attached hydrogens (primary N) is 2. The highest BCUT2D eigenvalue weighted by molar-refractivity contribution is 5.83. The number of nitrogens with zero attached hydrogens (tertiary/aromatic N) is 2. The van der Waals surface area contributed by atoms with Crippen molar-refractivity contribution in [2.24, 2.45) is 16.9 Å². The van der Waals surface area contributed by atoms with E-state index in [0.29, 0.717) is 0 Å². The van der Waals surface area contributed by atoms with E-state index in [1.54, 1.807) is 19.9 Å². The Morgan fingerprint density at radius 3 is 2.14 bits per heavy atom. The predicted molar refractivity (Wildman–Crippen MR) is 81.0 cm³/mol. The van der Waals surface area contributed by atoms with E-state index in [0.717, 1.165) is 6.08 Å². The first-order chi connectivity index (χ1) is 10.1. The van der Waals surface area contributed by atoms with Crippen LogP contribution in [0, 0.1) is 25.6 Å². The van der Waals surface area contributed by atoms with Crippen molar-refractivity contribution in [1.82, 2.24) is 0 Å². The average molecular weight is 304 g/mol. The van der Waals surface area contributed by atoms with Gasteiger partial charge in [-0.3, -0.25) is 20.2 Å². The molecule has 4 N–H and O–H groups in total. The van der Waals surface area contributed by atoms with Crippen LogP contribution in [0.15, 0.2) is 42.1 Å². The fourth-order valence-electron chi connectivity index (χ4n) is 2.28. The van der Waals surface area contributed by atoms with Gasteiger partial charge in [-0.05, 0) is 6.07 Å². The second-order valence-corrected chi connectivity index (χ2v) is 5.77. The van der Waals surface area contributed by atoms with E-state index in [2.05, 4.69) is 0 Å². The molecule has 8 heteroatoms. The highest BCUT2D eigenvalue weighted by atomic mass is 16.6. The van der Waals surface area contributed by atoms with E-state index in [1.807, 2.05) is 0 Å². The molecule has 1 aromatic carbocycles. The Balaban J connectivity index is 2.73. The number of benzene rings is 1. The predicted octanol–water partition coefficient (Wildman–Crippen LogP) is 1.79. The summed E-state index contributed by atoms with van der Waals surface area (Å²) in [6.45, 7) is 3.43. The van der Waals surface area contributed by atoms with Crippen molar-refractivity contribution < 1.29 is 9.85 Å². The fourth-order valence-corrected chi connectivity index (χ4v) is 2.28. The molecule has 1 aromatic rings. The molecule has 0 radical (unpaired) electrons. The summed E-state index contributed by atoms with van der Waals surface area (Å²) < 4.78 is 0. The van der Waals surface area contributed by atoms with Gasteiger partial charge in [-0.2, -0.15) is 0 Å². The molecule has 1 aliphatic rings. The van der Waals surface area contributed by atoms with Gasteiger partial charge in [0.25, 0.3) is 11.4 Å². The smallest absolute Gasteiger partial charge is 0.277 e. The maximum Gasteiger partial charge on any atom is 0.277 e. The monoisotopic (exact) mass is 304 g/mol. The number of allylic oxidation sites excluding steroid dienone is 1. The lowest BCUT2D eigenvalue weighted by atomic mass is 9.72. The first kappa shape index (κ1) is 15.8. The molecule has 8 nitrogen and oxygen atoms in total. The molecular weight excluding hydrogens is 288 g/mol. The Hall–Kier alpha value is -2.58. The van der Waals surface area contributed by atoms with Crippen molar-refractivity contribution in [2.75, 3.05) is 0 Å². The summed E-state index contributed by atoms with van der Waals surface area (Å²) in [5.41, 5.74) is 9.41. The number of nitro benzene ring substituents is 1.